The number of carboxylic acids is 1. The Labute approximate surface area is 182 Å². The molecule has 0 spiro atoms. The molecule has 0 aliphatic rings. The summed E-state index contributed by atoms with van der Waals surface area (Å²) in [5.74, 6) is -0.482. The first kappa shape index (κ1) is 20.2. The van der Waals surface area contributed by atoms with Gasteiger partial charge in [-0.15, -0.1) is 0 Å². The van der Waals surface area contributed by atoms with Gasteiger partial charge in [0.15, 0.2) is 11.4 Å². The molecule has 0 aliphatic heterocycles. The quantitative estimate of drug-likeness (QED) is 0.438. The van der Waals surface area contributed by atoms with E-state index in [1.165, 1.54) is 23.0 Å². The van der Waals surface area contributed by atoms with Gasteiger partial charge in [0.2, 0.25) is 0 Å². The van der Waals surface area contributed by atoms with Crippen LogP contribution in [0.5, 0.6) is 11.5 Å². The number of aromatic nitrogens is 2. The molecule has 4 rings (SSSR count). The third kappa shape index (κ3) is 4.57. The number of anilines is 2. The van der Waals surface area contributed by atoms with Crippen LogP contribution < -0.4 is 15.6 Å². The molecule has 0 saturated carbocycles. The summed E-state index contributed by atoms with van der Waals surface area (Å²) >= 11 is 6.03. The van der Waals surface area contributed by atoms with Gasteiger partial charge < -0.3 is 15.2 Å². The minimum absolute atomic E-state index is 0.0831. The molecule has 1 aromatic heterocycles. The highest BCUT2D eigenvalue weighted by atomic mass is 35.5. The summed E-state index contributed by atoms with van der Waals surface area (Å²) in [7, 11) is 0. The molecule has 7 nitrogen and oxygen atoms in total. The van der Waals surface area contributed by atoms with E-state index in [1.807, 2.05) is 6.07 Å². The fourth-order valence-electron chi connectivity index (χ4n) is 2.92. The van der Waals surface area contributed by atoms with Crippen molar-refractivity contribution >= 4 is 28.9 Å². The van der Waals surface area contributed by atoms with Crippen LogP contribution in [0.4, 0.5) is 11.4 Å². The monoisotopic (exact) mass is 433 g/mol. The molecule has 4 aromatic rings. The number of hydrogen-bond acceptors (Lipinski definition) is 5. The van der Waals surface area contributed by atoms with E-state index in [2.05, 4.69) is 10.4 Å². The number of nitrogens with zero attached hydrogens (tertiary/aromatic N) is 2. The van der Waals surface area contributed by atoms with Gasteiger partial charge in [-0.25, -0.2) is 4.79 Å². The predicted molar refractivity (Wildman–Crippen MR) is 118 cm³/mol. The summed E-state index contributed by atoms with van der Waals surface area (Å²) in [5.41, 5.74) is 0.704. The molecule has 0 unspecified atom stereocenters. The van der Waals surface area contributed by atoms with Gasteiger partial charge >= 0.3 is 5.97 Å². The number of hydrogen-bond donors (Lipinski definition) is 2. The second-order valence-corrected chi connectivity index (χ2v) is 6.94. The van der Waals surface area contributed by atoms with Crippen molar-refractivity contribution in [3.05, 3.63) is 106 Å². The van der Waals surface area contributed by atoms with Crippen LogP contribution in [0.25, 0.3) is 5.69 Å². The lowest BCUT2D eigenvalue weighted by Crippen LogP contribution is -2.24. The maximum atomic E-state index is 13.3. The smallest absolute Gasteiger partial charge is 0.335 e. The summed E-state index contributed by atoms with van der Waals surface area (Å²) < 4.78 is 7.10. The highest BCUT2D eigenvalue weighted by molar-refractivity contribution is 6.30. The Bertz CT molecular complexity index is 1310. The van der Waals surface area contributed by atoms with Crippen molar-refractivity contribution < 1.29 is 14.6 Å². The molecule has 0 fully saturated rings. The van der Waals surface area contributed by atoms with Crippen molar-refractivity contribution in [2.24, 2.45) is 0 Å². The Hall–Kier alpha value is -4.10. The summed E-state index contributed by atoms with van der Waals surface area (Å²) in [6.07, 6.45) is 1.42. The molecule has 0 atom stereocenters. The first-order valence-corrected chi connectivity index (χ1v) is 9.60. The largest absolute Gasteiger partial charge is 0.478 e. The Kier molecular flexibility index (Phi) is 5.68. The van der Waals surface area contributed by atoms with E-state index in [1.54, 1.807) is 60.7 Å². The average molecular weight is 434 g/mol. The Balaban J connectivity index is 1.81. The minimum Gasteiger partial charge on any atom is -0.478 e. The summed E-state index contributed by atoms with van der Waals surface area (Å²) in [5, 5.41) is 16.9. The number of rotatable bonds is 6. The standard InChI is InChI=1S/C23H16ClN3O4/c24-16-7-5-11-19(13-16)31-20-14-25-27(18-9-2-1-3-10-18)22(28)21(20)26-17-8-4-6-15(12-17)23(29)30/h1-14,26H,(H,29,30). The molecule has 0 radical (unpaired) electrons. The van der Waals surface area contributed by atoms with E-state index in [4.69, 9.17) is 16.3 Å². The zero-order chi connectivity index (χ0) is 21.8. The first-order valence-electron chi connectivity index (χ1n) is 9.23. The molecule has 0 amide bonds. The second-order valence-electron chi connectivity index (χ2n) is 6.51. The fourth-order valence-corrected chi connectivity index (χ4v) is 3.10. The third-order valence-electron chi connectivity index (χ3n) is 4.35. The highest BCUT2D eigenvalue weighted by Gasteiger charge is 2.16. The van der Waals surface area contributed by atoms with Gasteiger partial charge in [0.25, 0.3) is 5.56 Å². The van der Waals surface area contributed by atoms with Crippen LogP contribution in [0.3, 0.4) is 0 Å². The van der Waals surface area contributed by atoms with Crippen LogP contribution in [0.15, 0.2) is 89.9 Å². The van der Waals surface area contributed by atoms with Gasteiger partial charge in [0.1, 0.15) is 5.75 Å². The molecule has 0 aliphatic carbocycles. The van der Waals surface area contributed by atoms with Crippen LogP contribution >= 0.6 is 11.6 Å². The summed E-state index contributed by atoms with van der Waals surface area (Å²) in [6.45, 7) is 0. The summed E-state index contributed by atoms with van der Waals surface area (Å²) in [4.78, 5) is 24.6. The zero-order valence-corrected chi connectivity index (χ0v) is 16.8. The van der Waals surface area contributed by atoms with Crippen molar-refractivity contribution in [3.63, 3.8) is 0 Å². The first-order chi connectivity index (χ1) is 15.0. The van der Waals surface area contributed by atoms with Crippen molar-refractivity contribution in [3.8, 4) is 17.2 Å². The third-order valence-corrected chi connectivity index (χ3v) is 4.58. The Morgan fingerprint density at radius 3 is 2.52 bits per heavy atom. The number of benzene rings is 3. The predicted octanol–water partition coefficient (Wildman–Crippen LogP) is 5.12. The topological polar surface area (TPSA) is 93.4 Å². The molecule has 1 heterocycles. The van der Waals surface area contributed by atoms with Crippen LogP contribution in [0.2, 0.25) is 5.02 Å². The lowest BCUT2D eigenvalue weighted by atomic mass is 10.2. The van der Waals surface area contributed by atoms with E-state index in [0.29, 0.717) is 22.1 Å². The van der Waals surface area contributed by atoms with Crippen molar-refractivity contribution in [1.29, 1.82) is 0 Å². The molecule has 8 heteroatoms. The number of aromatic carboxylic acids is 1. The van der Waals surface area contributed by atoms with E-state index < -0.39 is 11.5 Å². The van der Waals surface area contributed by atoms with E-state index in [9.17, 15) is 14.7 Å². The molecule has 31 heavy (non-hydrogen) atoms. The van der Waals surface area contributed by atoms with Crippen molar-refractivity contribution in [1.82, 2.24) is 9.78 Å². The number of halogens is 1. The van der Waals surface area contributed by atoms with Gasteiger partial charge in [-0.2, -0.15) is 9.78 Å². The second kappa shape index (κ2) is 8.73. The molecular weight excluding hydrogens is 418 g/mol. The lowest BCUT2D eigenvalue weighted by molar-refractivity contribution is 0.0697. The molecule has 2 N–H and O–H groups in total. The lowest BCUT2D eigenvalue weighted by Gasteiger charge is -2.15. The van der Waals surface area contributed by atoms with Gasteiger partial charge in [-0.1, -0.05) is 41.9 Å². The number of nitrogens with one attached hydrogen (secondary N) is 1. The zero-order valence-electron chi connectivity index (χ0n) is 16.0. The molecule has 0 saturated heterocycles. The van der Waals surface area contributed by atoms with Crippen LogP contribution in [-0.2, 0) is 0 Å². The average Bonchev–Trinajstić information content (AvgIpc) is 2.77. The number of para-hydroxylation sites is 1. The molecule has 0 bridgehead atoms. The molecule has 3 aromatic carbocycles. The number of ether oxygens (including phenoxy) is 1. The maximum absolute atomic E-state index is 13.3. The Morgan fingerprint density at radius 1 is 1.00 bits per heavy atom. The SMILES string of the molecule is O=C(O)c1cccc(Nc2c(Oc3cccc(Cl)c3)cnn(-c3ccccc3)c2=O)c1. The fraction of sp³-hybridized carbons (Fsp3) is 0. The van der Waals surface area contributed by atoms with E-state index in [0.717, 1.165) is 0 Å². The summed E-state index contributed by atoms with van der Waals surface area (Å²) in [6, 6.07) is 21.8. The number of carbonyl (C=O) groups is 1. The number of carboxylic acid groups (broad SMARTS) is 1. The normalized spacial score (nSPS) is 10.5. The van der Waals surface area contributed by atoms with Crippen LogP contribution in [0.1, 0.15) is 10.4 Å². The van der Waals surface area contributed by atoms with E-state index in [-0.39, 0.29) is 17.0 Å². The maximum Gasteiger partial charge on any atom is 0.335 e. The Morgan fingerprint density at radius 2 is 1.77 bits per heavy atom. The van der Waals surface area contributed by atoms with Gasteiger partial charge in [-0.05, 0) is 48.5 Å². The van der Waals surface area contributed by atoms with Crippen LogP contribution in [0, 0.1) is 0 Å². The van der Waals surface area contributed by atoms with Gasteiger partial charge in [0.05, 0.1) is 17.4 Å². The van der Waals surface area contributed by atoms with Crippen molar-refractivity contribution in [2.45, 2.75) is 0 Å². The van der Waals surface area contributed by atoms with Crippen molar-refractivity contribution in [2.75, 3.05) is 5.32 Å². The van der Waals surface area contributed by atoms with Crippen LogP contribution in [-0.4, -0.2) is 20.9 Å². The highest BCUT2D eigenvalue weighted by Crippen LogP contribution is 2.30. The van der Waals surface area contributed by atoms with Gasteiger partial charge in [0, 0.05) is 10.7 Å². The molecule has 154 valence electrons. The minimum atomic E-state index is -1.07. The van der Waals surface area contributed by atoms with Gasteiger partial charge in [-0.3, -0.25) is 4.79 Å². The molecular formula is C23H16ClN3O4. The van der Waals surface area contributed by atoms with E-state index >= 15 is 0 Å².